The lowest BCUT2D eigenvalue weighted by Gasteiger charge is -2.33. The Hall–Kier alpha value is -4.19. The smallest absolute Gasteiger partial charge is 0.261 e. The van der Waals surface area contributed by atoms with Gasteiger partial charge in [0.1, 0.15) is 29.8 Å². The molecule has 4 N–H and O–H groups in total. The number of benzene rings is 2. The number of nitrogens with zero attached hydrogens (tertiary/aromatic N) is 3. The molecule has 4 aromatic rings. The fourth-order valence-corrected chi connectivity index (χ4v) is 5.69. The molecule has 0 aliphatic carbocycles. The first kappa shape index (κ1) is 30.3. The molecule has 0 bridgehead atoms. The number of aliphatic hydroxyl groups is 1. The molecule has 2 aliphatic heterocycles. The number of pyridine rings is 1. The van der Waals surface area contributed by atoms with E-state index in [1.54, 1.807) is 30.3 Å². The Morgan fingerprint density at radius 3 is 2.58 bits per heavy atom. The molecule has 43 heavy (non-hydrogen) atoms. The molecule has 2 aromatic heterocycles. The third kappa shape index (κ3) is 5.88. The Labute approximate surface area is 253 Å². The molecular formula is C31H35ClN6O5. The third-order valence-corrected chi connectivity index (χ3v) is 8.12. The average molecular weight is 607 g/mol. The van der Waals surface area contributed by atoms with Crippen molar-refractivity contribution in [2.75, 3.05) is 38.6 Å². The second kappa shape index (κ2) is 12.2. The summed E-state index contributed by atoms with van der Waals surface area (Å²) >= 11 is 6.05. The predicted octanol–water partition coefficient (Wildman–Crippen LogP) is 4.06. The minimum atomic E-state index is -0.890. The van der Waals surface area contributed by atoms with Gasteiger partial charge in [0.25, 0.3) is 17.4 Å². The molecule has 1 atom stereocenters. The average Bonchev–Trinajstić information content (AvgIpc) is 3.49. The van der Waals surface area contributed by atoms with Gasteiger partial charge in [-0.1, -0.05) is 25.1 Å². The third-order valence-electron chi connectivity index (χ3n) is 7.88. The topological polar surface area (TPSA) is 144 Å². The van der Waals surface area contributed by atoms with Gasteiger partial charge in [-0.3, -0.25) is 19.3 Å². The van der Waals surface area contributed by atoms with Crippen molar-refractivity contribution in [2.45, 2.75) is 39.3 Å². The molecule has 1 fully saturated rings. The zero-order chi connectivity index (χ0) is 29.5. The number of aliphatic hydroxyl groups excluding tert-OH is 1. The van der Waals surface area contributed by atoms with Gasteiger partial charge < -0.3 is 30.0 Å². The quantitative estimate of drug-likeness (QED) is 0.220. The van der Waals surface area contributed by atoms with Crippen LogP contribution in [0.25, 0.3) is 22.4 Å². The molecule has 0 spiro atoms. The molecule has 4 heterocycles. The van der Waals surface area contributed by atoms with Gasteiger partial charge in [-0.25, -0.2) is 4.98 Å². The fraction of sp³-hybridized carbons (Fsp3) is 0.355. The highest BCUT2D eigenvalue weighted by atomic mass is 35.5. The molecule has 1 saturated heterocycles. The number of H-pyrrole nitrogens is 2. The van der Waals surface area contributed by atoms with Crippen LogP contribution in [-0.2, 0) is 0 Å². The van der Waals surface area contributed by atoms with Gasteiger partial charge in [-0.2, -0.15) is 0 Å². The number of aryl methyl sites for hydroxylation is 1. The molecule has 2 aromatic carbocycles. The van der Waals surface area contributed by atoms with E-state index in [-0.39, 0.29) is 49.8 Å². The number of anilines is 1. The fourth-order valence-electron chi connectivity index (χ4n) is 5.53. The van der Waals surface area contributed by atoms with Crippen LogP contribution in [-0.4, -0.2) is 87.1 Å². The van der Waals surface area contributed by atoms with E-state index in [0.717, 1.165) is 31.5 Å². The number of hydrogen-bond acceptors (Lipinski definition) is 8. The SMILES string of the molecule is C.Cc1ccc(Cl)cc1OC[C@@H](O)CNc1cc[nH]c(=O)c1-c1nc2cc3c(cc2[nH]1)C(=O)N(C1CCN(C)CC1)C3=O. The number of fused-ring (bicyclic) bond motifs is 2. The molecule has 11 nitrogen and oxygen atoms in total. The Kier molecular flexibility index (Phi) is 8.59. The number of halogens is 1. The van der Waals surface area contributed by atoms with Crippen molar-refractivity contribution in [3.63, 3.8) is 0 Å². The number of piperidine rings is 1. The molecule has 6 rings (SSSR count). The zero-order valence-corrected chi connectivity index (χ0v) is 24.0. The minimum Gasteiger partial charge on any atom is -0.490 e. The summed E-state index contributed by atoms with van der Waals surface area (Å²) in [5.41, 5.74) is 2.84. The summed E-state index contributed by atoms with van der Waals surface area (Å²) in [6.45, 7) is 3.66. The predicted molar refractivity (Wildman–Crippen MR) is 166 cm³/mol. The summed E-state index contributed by atoms with van der Waals surface area (Å²) in [4.78, 5) is 53.5. The first-order valence-corrected chi connectivity index (χ1v) is 14.2. The maximum atomic E-state index is 13.3. The Morgan fingerprint density at radius 1 is 1.12 bits per heavy atom. The van der Waals surface area contributed by atoms with Crippen LogP contribution in [0.3, 0.4) is 0 Å². The van der Waals surface area contributed by atoms with Gasteiger partial charge in [0, 0.05) is 23.8 Å². The lowest BCUT2D eigenvalue weighted by atomic mass is 10.0. The van der Waals surface area contributed by atoms with Crippen molar-refractivity contribution in [3.8, 4) is 17.1 Å². The van der Waals surface area contributed by atoms with Crippen LogP contribution in [0.2, 0.25) is 5.02 Å². The van der Waals surface area contributed by atoms with Crippen LogP contribution in [0.5, 0.6) is 5.75 Å². The number of aromatic nitrogens is 3. The van der Waals surface area contributed by atoms with E-state index >= 15 is 0 Å². The molecule has 0 saturated carbocycles. The van der Waals surface area contributed by atoms with Crippen LogP contribution >= 0.6 is 11.6 Å². The Bertz CT molecular complexity index is 1690. The van der Waals surface area contributed by atoms with Gasteiger partial charge in [0.15, 0.2) is 0 Å². The molecule has 226 valence electrons. The number of carbonyl (C=O) groups excluding carboxylic acids is 2. The van der Waals surface area contributed by atoms with Crippen LogP contribution < -0.4 is 15.6 Å². The van der Waals surface area contributed by atoms with Crippen LogP contribution in [0.15, 0.2) is 47.4 Å². The van der Waals surface area contributed by atoms with Crippen molar-refractivity contribution < 1.29 is 19.4 Å². The Balaban J connectivity index is 0.00000368. The second-order valence-corrected chi connectivity index (χ2v) is 11.3. The summed E-state index contributed by atoms with van der Waals surface area (Å²) in [5, 5.41) is 14.2. The summed E-state index contributed by atoms with van der Waals surface area (Å²) in [5.74, 6) is 0.246. The maximum Gasteiger partial charge on any atom is 0.261 e. The summed E-state index contributed by atoms with van der Waals surface area (Å²) in [7, 11) is 2.03. The first-order valence-electron chi connectivity index (χ1n) is 13.8. The number of nitrogens with one attached hydrogen (secondary N) is 3. The van der Waals surface area contributed by atoms with E-state index in [1.165, 1.54) is 11.1 Å². The van der Waals surface area contributed by atoms with Crippen molar-refractivity contribution in [1.82, 2.24) is 24.8 Å². The normalized spacial score (nSPS) is 16.3. The lowest BCUT2D eigenvalue weighted by Crippen LogP contribution is -2.46. The highest BCUT2D eigenvalue weighted by molar-refractivity contribution is 6.30. The first-order chi connectivity index (χ1) is 20.2. The van der Waals surface area contributed by atoms with Crippen LogP contribution in [0, 0.1) is 6.92 Å². The Morgan fingerprint density at radius 2 is 1.84 bits per heavy atom. The number of carbonyl (C=O) groups is 2. The number of likely N-dealkylation sites (tertiary alicyclic amines) is 1. The van der Waals surface area contributed by atoms with E-state index in [1.807, 2.05) is 20.0 Å². The number of imide groups is 1. The number of imidazole rings is 1. The molecule has 0 unspecified atom stereocenters. The minimum absolute atomic E-state index is 0. The molecule has 2 amide bonds. The van der Waals surface area contributed by atoms with E-state index in [4.69, 9.17) is 16.3 Å². The van der Waals surface area contributed by atoms with Gasteiger partial charge in [-0.05, 0) is 75.8 Å². The number of aromatic amines is 2. The lowest BCUT2D eigenvalue weighted by molar-refractivity contribution is 0.0516. The van der Waals surface area contributed by atoms with Crippen LogP contribution in [0.4, 0.5) is 5.69 Å². The maximum absolute atomic E-state index is 13.3. The van der Waals surface area contributed by atoms with Gasteiger partial charge in [0.05, 0.1) is 27.8 Å². The highest BCUT2D eigenvalue weighted by Gasteiger charge is 2.41. The summed E-state index contributed by atoms with van der Waals surface area (Å²) in [6, 6.07) is 10.1. The molecular weight excluding hydrogens is 572 g/mol. The number of amides is 2. The van der Waals surface area contributed by atoms with Crippen molar-refractivity contribution in [2.24, 2.45) is 0 Å². The van der Waals surface area contributed by atoms with Crippen molar-refractivity contribution >= 4 is 40.1 Å². The van der Waals surface area contributed by atoms with E-state index in [0.29, 0.717) is 38.6 Å². The van der Waals surface area contributed by atoms with Crippen molar-refractivity contribution in [1.29, 1.82) is 0 Å². The standard InChI is InChI=1S/C30H31ClN6O5.CH4/c1-16-3-4-17(31)11-25(16)42-15-19(38)14-33-22-5-8-32-28(39)26(22)27-34-23-12-20-21(13-24(23)35-27)30(41)37(29(20)40)18-6-9-36(2)10-7-18;/h3-5,8,11-13,18-19,38H,6-7,9-10,14-15H2,1-2H3,(H,34,35)(H2,32,33,39);1H4/t19-;/m0./s1. The van der Waals surface area contributed by atoms with E-state index in [9.17, 15) is 19.5 Å². The number of hydrogen-bond donors (Lipinski definition) is 4. The monoisotopic (exact) mass is 606 g/mol. The summed E-state index contributed by atoms with van der Waals surface area (Å²) < 4.78 is 5.73. The highest BCUT2D eigenvalue weighted by Crippen LogP contribution is 2.32. The van der Waals surface area contributed by atoms with E-state index in [2.05, 4.69) is 25.2 Å². The molecule has 2 aliphatic rings. The zero-order valence-electron chi connectivity index (χ0n) is 23.2. The molecule has 12 heteroatoms. The second-order valence-electron chi connectivity index (χ2n) is 10.9. The van der Waals surface area contributed by atoms with Gasteiger partial charge in [0.2, 0.25) is 0 Å². The van der Waals surface area contributed by atoms with Gasteiger partial charge >= 0.3 is 0 Å². The summed E-state index contributed by atoms with van der Waals surface area (Å²) in [6.07, 6.45) is 2.10. The van der Waals surface area contributed by atoms with Crippen LogP contribution in [0.1, 0.15) is 46.5 Å². The molecule has 0 radical (unpaired) electrons. The number of rotatable bonds is 8. The number of ether oxygens (including phenoxy) is 1. The van der Waals surface area contributed by atoms with Gasteiger partial charge in [-0.15, -0.1) is 0 Å². The largest absolute Gasteiger partial charge is 0.490 e. The van der Waals surface area contributed by atoms with Crippen molar-refractivity contribution in [3.05, 3.63) is 74.7 Å². The van der Waals surface area contributed by atoms with E-state index < -0.39 is 11.7 Å².